The van der Waals surface area contributed by atoms with Crippen molar-refractivity contribution >= 4 is 71.5 Å². The number of carbonyl (C=O) groups is 2. The molecule has 12 heteroatoms. The van der Waals surface area contributed by atoms with Crippen molar-refractivity contribution in [3.8, 4) is 0 Å². The van der Waals surface area contributed by atoms with Gasteiger partial charge in [-0.15, -0.1) is 0 Å². The summed E-state index contributed by atoms with van der Waals surface area (Å²) in [7, 11) is 3.17. The highest BCUT2D eigenvalue weighted by Crippen LogP contribution is 2.34. The number of nitrogens with one attached hydrogen (secondary N) is 2. The second-order valence-corrected chi connectivity index (χ2v) is 10.8. The van der Waals surface area contributed by atoms with Gasteiger partial charge in [-0.25, -0.2) is 19.6 Å². The predicted molar refractivity (Wildman–Crippen MR) is 179 cm³/mol. The average molecular weight is 692 g/mol. The first-order valence-electron chi connectivity index (χ1n) is 14.7. The fourth-order valence-electron chi connectivity index (χ4n) is 5.72. The number of aliphatic hydroxyl groups excluding tert-OH is 1. The summed E-state index contributed by atoms with van der Waals surface area (Å²) < 4.78 is 20.8. The summed E-state index contributed by atoms with van der Waals surface area (Å²) in [6.45, 7) is 4.55. The van der Waals surface area contributed by atoms with E-state index in [9.17, 15) is 14.7 Å². The molecule has 0 aliphatic carbocycles. The van der Waals surface area contributed by atoms with Crippen LogP contribution in [0, 0.1) is 0 Å². The van der Waals surface area contributed by atoms with Gasteiger partial charge in [-0.05, 0) is 37.1 Å². The number of carbonyl (C=O) groups excluding carboxylic acids is 2. The molecule has 6 rings (SSSR count). The van der Waals surface area contributed by atoms with Crippen molar-refractivity contribution in [2.24, 2.45) is 0 Å². The molecule has 0 aliphatic rings. The van der Waals surface area contributed by atoms with Crippen LogP contribution in [0.2, 0.25) is 0 Å². The van der Waals surface area contributed by atoms with Crippen LogP contribution in [0.1, 0.15) is 57.1 Å². The van der Waals surface area contributed by atoms with Crippen molar-refractivity contribution in [3.05, 3.63) is 82.4 Å². The van der Waals surface area contributed by atoms with Gasteiger partial charge >= 0.3 is 11.9 Å². The van der Waals surface area contributed by atoms with Gasteiger partial charge in [0.25, 0.3) is 0 Å². The zero-order valence-corrected chi connectivity index (χ0v) is 27.6. The average Bonchev–Trinajstić information content (AvgIpc) is 3.64. The predicted octanol–water partition coefficient (Wildman–Crippen LogP) is 6.47. The molecule has 0 aliphatic heterocycles. The number of benzene rings is 2. The number of alkyl halides is 1. The highest BCUT2D eigenvalue weighted by atomic mass is 79.9. The summed E-state index contributed by atoms with van der Waals surface area (Å²) >= 11 is 3.53. The number of hydrogen-bond acceptors (Lipinski definition) is 9. The van der Waals surface area contributed by atoms with Gasteiger partial charge in [-0.2, -0.15) is 0 Å². The number of rotatable bonds is 10. The number of aromatic amines is 2. The summed E-state index contributed by atoms with van der Waals surface area (Å²) in [6, 6.07) is 11.7. The fraction of sp³-hybridized carbons (Fsp3) is 0.294. The highest BCUT2D eigenvalue weighted by molar-refractivity contribution is 9.08. The molecule has 4 heterocycles. The Morgan fingerprint density at radius 1 is 0.717 bits per heavy atom. The molecule has 0 spiro atoms. The molecule has 2 aromatic carbocycles. The van der Waals surface area contributed by atoms with Gasteiger partial charge in [0.05, 0.1) is 56.5 Å². The van der Waals surface area contributed by atoms with Crippen LogP contribution in [-0.2, 0) is 44.1 Å². The largest absolute Gasteiger partial charge is 0.461 e. The van der Waals surface area contributed by atoms with E-state index in [2.05, 4.69) is 41.9 Å². The third-order valence-electron chi connectivity index (χ3n) is 7.53. The Balaban J connectivity index is 0.000000181. The molecular weight excluding hydrogens is 656 g/mol. The SMILES string of the molecule is CCOC(=O)c1ncc2[nH]c3cccc(CBr)c3c2c1COC.CCOC(=O)c1ncc2[nH]c3cccc(CO)c3c2c1COC. The van der Waals surface area contributed by atoms with Gasteiger partial charge in [0.1, 0.15) is 0 Å². The maximum absolute atomic E-state index is 12.2. The number of fused-ring (bicyclic) bond motifs is 6. The van der Waals surface area contributed by atoms with Crippen molar-refractivity contribution in [2.75, 3.05) is 27.4 Å². The molecule has 0 unspecified atom stereocenters. The summed E-state index contributed by atoms with van der Waals surface area (Å²) in [5.41, 5.74) is 7.47. The summed E-state index contributed by atoms with van der Waals surface area (Å²) in [5.74, 6) is -0.899. The minimum Gasteiger partial charge on any atom is -0.461 e. The number of pyridine rings is 2. The minimum absolute atomic E-state index is 0.0895. The van der Waals surface area contributed by atoms with E-state index in [0.29, 0.717) is 24.5 Å². The van der Waals surface area contributed by atoms with Crippen molar-refractivity contribution in [3.63, 3.8) is 0 Å². The van der Waals surface area contributed by atoms with Crippen LogP contribution < -0.4 is 0 Å². The number of hydrogen-bond donors (Lipinski definition) is 3. The number of ether oxygens (including phenoxy) is 4. The van der Waals surface area contributed by atoms with Crippen molar-refractivity contribution < 1.29 is 33.6 Å². The molecule has 0 bridgehead atoms. The summed E-state index contributed by atoms with van der Waals surface area (Å²) in [6.07, 6.45) is 3.29. The molecule has 0 saturated carbocycles. The smallest absolute Gasteiger partial charge is 0.357 e. The molecule has 46 heavy (non-hydrogen) atoms. The highest BCUT2D eigenvalue weighted by Gasteiger charge is 2.22. The zero-order chi connectivity index (χ0) is 32.8. The Morgan fingerprint density at radius 3 is 1.59 bits per heavy atom. The first kappa shape index (κ1) is 33.0. The fourth-order valence-corrected chi connectivity index (χ4v) is 6.19. The quantitative estimate of drug-likeness (QED) is 0.109. The molecule has 0 fully saturated rings. The van der Waals surface area contributed by atoms with E-state index in [4.69, 9.17) is 18.9 Å². The standard InChI is InChI=1S/C17H17BrN2O3.C17H18N2O4/c1-3-23-17(21)16-11(9-22-2)15-13(8-19-16)20-12-6-4-5-10(7-18)14(12)15;1-3-23-17(21)16-11(9-22-2)15-13(7-18-16)19-12-6-4-5-10(8-20)14(12)15/h4-6,8,20H,3,7,9H2,1-2H3;4-7,19-20H,3,8-9H2,1-2H3. The van der Waals surface area contributed by atoms with E-state index in [1.54, 1.807) is 40.5 Å². The Bertz CT molecular complexity index is 1890. The van der Waals surface area contributed by atoms with Gasteiger partial charge in [0.15, 0.2) is 11.4 Å². The summed E-state index contributed by atoms with van der Waals surface area (Å²) in [5, 5.41) is 14.1. The van der Waals surface area contributed by atoms with Crippen molar-refractivity contribution in [2.45, 2.75) is 39.0 Å². The maximum Gasteiger partial charge on any atom is 0.357 e. The number of aromatic nitrogens is 4. The number of halogens is 1. The number of aliphatic hydroxyl groups is 1. The van der Waals surface area contributed by atoms with Crippen LogP contribution >= 0.6 is 15.9 Å². The number of H-pyrrole nitrogens is 2. The van der Waals surface area contributed by atoms with E-state index in [0.717, 1.165) is 65.6 Å². The lowest BCUT2D eigenvalue weighted by molar-refractivity contribution is 0.0505. The molecule has 240 valence electrons. The summed E-state index contributed by atoms with van der Waals surface area (Å²) in [4.78, 5) is 39.6. The molecule has 0 radical (unpaired) electrons. The minimum atomic E-state index is -0.475. The third kappa shape index (κ3) is 6.21. The lowest BCUT2D eigenvalue weighted by atomic mass is 10.0. The zero-order valence-electron chi connectivity index (χ0n) is 26.0. The lowest BCUT2D eigenvalue weighted by Crippen LogP contribution is -2.11. The van der Waals surface area contributed by atoms with Crippen molar-refractivity contribution in [1.82, 2.24) is 19.9 Å². The van der Waals surface area contributed by atoms with Crippen LogP contribution in [-0.4, -0.2) is 64.4 Å². The van der Waals surface area contributed by atoms with E-state index in [-0.39, 0.29) is 25.5 Å². The van der Waals surface area contributed by atoms with Crippen LogP contribution in [0.4, 0.5) is 0 Å². The van der Waals surface area contributed by atoms with E-state index < -0.39 is 11.9 Å². The van der Waals surface area contributed by atoms with Gasteiger partial charge in [-0.1, -0.05) is 40.2 Å². The first-order valence-corrected chi connectivity index (χ1v) is 15.9. The molecule has 0 saturated heterocycles. The molecule has 4 aromatic heterocycles. The van der Waals surface area contributed by atoms with Crippen LogP contribution in [0.25, 0.3) is 43.6 Å². The topological polar surface area (TPSA) is 149 Å². The number of esters is 2. The van der Waals surface area contributed by atoms with Gasteiger partial charge in [0.2, 0.25) is 0 Å². The molecule has 0 atom stereocenters. The molecule has 0 amide bonds. The number of methoxy groups -OCH3 is 2. The Kier molecular flexibility index (Phi) is 10.6. The van der Waals surface area contributed by atoms with E-state index in [1.165, 1.54) is 0 Å². The lowest BCUT2D eigenvalue weighted by Gasteiger charge is -2.10. The first-order chi connectivity index (χ1) is 22.4. The van der Waals surface area contributed by atoms with E-state index in [1.807, 2.05) is 30.3 Å². The number of nitrogens with zero attached hydrogens (tertiary/aromatic N) is 2. The van der Waals surface area contributed by atoms with Gasteiger partial charge < -0.3 is 34.0 Å². The second kappa shape index (κ2) is 14.8. The normalized spacial score (nSPS) is 11.3. The van der Waals surface area contributed by atoms with Gasteiger partial charge in [-0.3, -0.25) is 0 Å². The molecular formula is C34H35BrN4O7. The Labute approximate surface area is 273 Å². The monoisotopic (exact) mass is 690 g/mol. The van der Waals surface area contributed by atoms with Gasteiger partial charge in [0, 0.05) is 63.3 Å². The third-order valence-corrected chi connectivity index (χ3v) is 8.13. The Morgan fingerprint density at radius 2 is 1.17 bits per heavy atom. The molecule has 3 N–H and O–H groups in total. The van der Waals surface area contributed by atoms with Crippen LogP contribution in [0.5, 0.6) is 0 Å². The second-order valence-electron chi connectivity index (χ2n) is 10.3. The van der Waals surface area contributed by atoms with Crippen molar-refractivity contribution in [1.29, 1.82) is 0 Å². The molecule has 6 aromatic rings. The maximum atomic E-state index is 12.2. The van der Waals surface area contributed by atoms with E-state index >= 15 is 0 Å². The molecule has 11 nitrogen and oxygen atoms in total. The van der Waals surface area contributed by atoms with Crippen LogP contribution in [0.15, 0.2) is 48.8 Å². The van der Waals surface area contributed by atoms with Crippen LogP contribution in [0.3, 0.4) is 0 Å². The Hall–Kier alpha value is -4.36.